The second-order valence-electron chi connectivity index (χ2n) is 11.8. The van der Waals surface area contributed by atoms with Gasteiger partial charge in [-0.05, 0) is 55.3 Å². The Hall–Kier alpha value is -0.260. The third-order valence-corrected chi connectivity index (χ3v) is 7.06. The van der Waals surface area contributed by atoms with Crippen molar-refractivity contribution in [2.24, 2.45) is 29.6 Å². The molecule has 0 heteroatoms. The van der Waals surface area contributed by atoms with E-state index >= 15 is 0 Å². The molecule has 30 heavy (non-hydrogen) atoms. The molecule has 0 saturated carbocycles. The largest absolute Gasteiger partial charge is 0.0999 e. The molecular weight excluding hydrogens is 360 g/mol. The van der Waals surface area contributed by atoms with Crippen molar-refractivity contribution in [1.29, 1.82) is 0 Å². The van der Waals surface area contributed by atoms with Crippen LogP contribution < -0.4 is 0 Å². The van der Waals surface area contributed by atoms with Crippen molar-refractivity contribution in [1.82, 2.24) is 0 Å². The van der Waals surface area contributed by atoms with Crippen LogP contribution in [-0.4, -0.2) is 0 Å². The molecule has 0 nitrogen and oxygen atoms in total. The van der Waals surface area contributed by atoms with Gasteiger partial charge in [0.2, 0.25) is 0 Å². The van der Waals surface area contributed by atoms with Crippen molar-refractivity contribution < 1.29 is 0 Å². The molecule has 0 rings (SSSR count). The molecule has 3 atom stereocenters. The van der Waals surface area contributed by atoms with Gasteiger partial charge in [-0.2, -0.15) is 0 Å². The summed E-state index contributed by atoms with van der Waals surface area (Å²) < 4.78 is 0. The van der Waals surface area contributed by atoms with Crippen molar-refractivity contribution in [2.75, 3.05) is 0 Å². The van der Waals surface area contributed by atoms with Gasteiger partial charge in [-0.1, -0.05) is 138 Å². The average molecular weight is 421 g/mol. The van der Waals surface area contributed by atoms with Gasteiger partial charge < -0.3 is 0 Å². The molecular formula is C30H60. The zero-order chi connectivity index (χ0) is 22.8. The van der Waals surface area contributed by atoms with Gasteiger partial charge in [0, 0.05) is 0 Å². The van der Waals surface area contributed by atoms with Crippen LogP contribution in [0, 0.1) is 29.6 Å². The molecule has 0 aromatic carbocycles. The molecule has 0 aliphatic carbocycles. The number of allylic oxidation sites excluding steroid dienone is 1. The molecule has 0 N–H and O–H groups in total. The van der Waals surface area contributed by atoms with Gasteiger partial charge in [-0.15, -0.1) is 0 Å². The summed E-state index contributed by atoms with van der Waals surface area (Å²) >= 11 is 0. The molecule has 180 valence electrons. The Bertz CT molecular complexity index is 377. The molecule has 0 aliphatic rings. The van der Waals surface area contributed by atoms with E-state index in [0.717, 1.165) is 29.6 Å². The molecule has 0 heterocycles. The van der Waals surface area contributed by atoms with E-state index in [4.69, 9.17) is 0 Å². The smallest absolute Gasteiger partial charge is 0.0323 e. The van der Waals surface area contributed by atoms with Crippen molar-refractivity contribution in [3.8, 4) is 0 Å². The van der Waals surface area contributed by atoms with E-state index in [9.17, 15) is 0 Å². The standard InChI is InChI=1S/C30H60/c1-25(2)15-11-19-29(7)23-13-21-27(5)17-9-10-18-28(6)22-14-24-30(8)20-12-16-26(3)4/h25-26,28-30H,5,9-24H2,1-4,6-8H3. The minimum Gasteiger partial charge on any atom is -0.0999 e. The van der Waals surface area contributed by atoms with E-state index in [1.807, 2.05) is 0 Å². The molecule has 0 radical (unpaired) electrons. The third kappa shape index (κ3) is 21.0. The Balaban J connectivity index is 3.55. The van der Waals surface area contributed by atoms with Crippen molar-refractivity contribution >= 4 is 0 Å². The van der Waals surface area contributed by atoms with Crippen molar-refractivity contribution in [3.05, 3.63) is 12.2 Å². The van der Waals surface area contributed by atoms with E-state index in [1.54, 1.807) is 0 Å². The fourth-order valence-electron chi connectivity index (χ4n) is 4.69. The van der Waals surface area contributed by atoms with Gasteiger partial charge in [0.15, 0.2) is 0 Å². The van der Waals surface area contributed by atoms with Crippen LogP contribution in [0.25, 0.3) is 0 Å². The minimum atomic E-state index is 0.864. The maximum Gasteiger partial charge on any atom is -0.0323 e. The lowest BCUT2D eigenvalue weighted by Gasteiger charge is -2.15. The summed E-state index contributed by atoms with van der Waals surface area (Å²) in [5.41, 5.74) is 1.51. The Morgan fingerprint density at radius 2 is 0.767 bits per heavy atom. The predicted molar refractivity (Wildman–Crippen MR) is 140 cm³/mol. The molecule has 0 saturated heterocycles. The van der Waals surface area contributed by atoms with E-state index in [1.165, 1.54) is 108 Å². The highest BCUT2D eigenvalue weighted by Crippen LogP contribution is 2.23. The van der Waals surface area contributed by atoms with Crippen LogP contribution in [0.15, 0.2) is 12.2 Å². The molecule has 0 fully saturated rings. The topological polar surface area (TPSA) is 0 Å². The van der Waals surface area contributed by atoms with Crippen LogP contribution in [0.3, 0.4) is 0 Å². The second-order valence-corrected chi connectivity index (χ2v) is 11.8. The predicted octanol–water partition coefficient (Wildman–Crippen LogP) is 11.0. The average Bonchev–Trinajstić information content (AvgIpc) is 2.64. The first-order valence-corrected chi connectivity index (χ1v) is 13.9. The summed E-state index contributed by atoms with van der Waals surface area (Å²) in [4.78, 5) is 0. The zero-order valence-electron chi connectivity index (χ0n) is 22.4. The summed E-state index contributed by atoms with van der Waals surface area (Å²) in [7, 11) is 0. The second kappa shape index (κ2) is 19.4. The fraction of sp³-hybridized carbons (Fsp3) is 0.933. The van der Waals surface area contributed by atoms with E-state index in [0.29, 0.717) is 0 Å². The van der Waals surface area contributed by atoms with E-state index < -0.39 is 0 Å². The normalized spacial score (nSPS) is 15.0. The first-order chi connectivity index (χ1) is 14.2. The van der Waals surface area contributed by atoms with Crippen LogP contribution >= 0.6 is 0 Å². The van der Waals surface area contributed by atoms with Crippen molar-refractivity contribution in [2.45, 2.75) is 151 Å². The van der Waals surface area contributed by atoms with Gasteiger partial charge in [0.1, 0.15) is 0 Å². The van der Waals surface area contributed by atoms with E-state index in [-0.39, 0.29) is 0 Å². The first kappa shape index (κ1) is 29.7. The lowest BCUT2D eigenvalue weighted by atomic mass is 9.91. The molecule has 0 aromatic heterocycles. The van der Waals surface area contributed by atoms with E-state index in [2.05, 4.69) is 55.0 Å². The number of hydrogen-bond donors (Lipinski definition) is 0. The number of hydrogen-bond acceptors (Lipinski definition) is 0. The molecule has 0 amide bonds. The molecule has 0 aliphatic heterocycles. The highest BCUT2D eigenvalue weighted by molar-refractivity contribution is 4.93. The van der Waals surface area contributed by atoms with Crippen LogP contribution in [0.2, 0.25) is 0 Å². The lowest BCUT2D eigenvalue weighted by molar-refractivity contribution is 0.387. The van der Waals surface area contributed by atoms with Gasteiger partial charge in [-0.3, -0.25) is 0 Å². The summed E-state index contributed by atoms with van der Waals surface area (Å²) in [6, 6.07) is 0. The van der Waals surface area contributed by atoms with Crippen molar-refractivity contribution in [3.63, 3.8) is 0 Å². The van der Waals surface area contributed by atoms with Crippen LogP contribution in [0.5, 0.6) is 0 Å². The summed E-state index contributed by atoms with van der Waals surface area (Å²) in [6.45, 7) is 21.1. The Kier molecular flexibility index (Phi) is 19.3. The lowest BCUT2D eigenvalue weighted by Crippen LogP contribution is -2.00. The fourth-order valence-corrected chi connectivity index (χ4v) is 4.69. The zero-order valence-corrected chi connectivity index (χ0v) is 22.4. The Morgan fingerprint density at radius 3 is 1.20 bits per heavy atom. The maximum atomic E-state index is 4.36. The summed E-state index contributed by atoms with van der Waals surface area (Å²) in [6.07, 6.45) is 22.3. The molecule has 0 aromatic rings. The highest BCUT2D eigenvalue weighted by Gasteiger charge is 2.07. The Labute approximate surface area is 193 Å². The monoisotopic (exact) mass is 420 g/mol. The van der Waals surface area contributed by atoms with Gasteiger partial charge >= 0.3 is 0 Å². The van der Waals surface area contributed by atoms with Gasteiger partial charge in [0.05, 0.1) is 0 Å². The molecule has 0 spiro atoms. The quantitative estimate of drug-likeness (QED) is 0.128. The maximum absolute atomic E-state index is 4.36. The minimum absolute atomic E-state index is 0.864. The van der Waals surface area contributed by atoms with Gasteiger partial charge in [0.25, 0.3) is 0 Å². The Morgan fingerprint density at radius 1 is 0.433 bits per heavy atom. The molecule has 3 unspecified atom stereocenters. The number of unbranched alkanes of at least 4 members (excludes halogenated alkanes) is 1. The first-order valence-electron chi connectivity index (χ1n) is 13.9. The number of rotatable bonds is 21. The van der Waals surface area contributed by atoms with Crippen LogP contribution in [0.1, 0.15) is 151 Å². The SMILES string of the molecule is C=C(CCCCC(C)CCCC(C)CCCC(C)C)CCCC(C)CCCC(C)C. The summed E-state index contributed by atoms with van der Waals surface area (Å²) in [5, 5.41) is 0. The van der Waals surface area contributed by atoms with Gasteiger partial charge in [-0.25, -0.2) is 0 Å². The summed E-state index contributed by atoms with van der Waals surface area (Å²) in [5.74, 6) is 4.47. The highest BCUT2D eigenvalue weighted by atomic mass is 14.1. The molecule has 0 bridgehead atoms. The third-order valence-electron chi connectivity index (χ3n) is 7.06. The van der Waals surface area contributed by atoms with Crippen LogP contribution in [0.4, 0.5) is 0 Å². The van der Waals surface area contributed by atoms with Crippen LogP contribution in [-0.2, 0) is 0 Å².